The van der Waals surface area contributed by atoms with E-state index in [-0.39, 0.29) is 5.69 Å². The van der Waals surface area contributed by atoms with Gasteiger partial charge in [0, 0.05) is 12.1 Å². The summed E-state index contributed by atoms with van der Waals surface area (Å²) in [6.45, 7) is 4.23. The number of rotatable bonds is 3. The van der Waals surface area contributed by atoms with Gasteiger partial charge in [-0.2, -0.15) is 19.6 Å². The van der Waals surface area contributed by atoms with E-state index in [4.69, 9.17) is 11.6 Å². The van der Waals surface area contributed by atoms with Crippen LogP contribution in [0.4, 0.5) is 0 Å². The highest BCUT2D eigenvalue weighted by molar-refractivity contribution is 7.99. The zero-order valence-electron chi connectivity index (χ0n) is 10.7. The lowest BCUT2D eigenvalue weighted by atomic mass is 10.4. The van der Waals surface area contributed by atoms with Crippen molar-refractivity contribution >= 4 is 29.1 Å². The Labute approximate surface area is 122 Å². The van der Waals surface area contributed by atoms with Gasteiger partial charge in [0.2, 0.25) is 0 Å². The van der Waals surface area contributed by atoms with Gasteiger partial charge in [-0.15, -0.1) is 5.10 Å². The molecule has 0 aliphatic rings. The Morgan fingerprint density at radius 2 is 2.30 bits per heavy atom. The average molecular weight is 312 g/mol. The first-order valence-corrected chi connectivity index (χ1v) is 7.00. The third-order valence-corrected chi connectivity index (χ3v) is 4.31. The van der Waals surface area contributed by atoms with Crippen LogP contribution >= 0.6 is 23.4 Å². The van der Waals surface area contributed by atoms with Gasteiger partial charge in [0.15, 0.2) is 5.16 Å². The van der Waals surface area contributed by atoms with Crippen LogP contribution in [0.2, 0.25) is 5.15 Å². The SMILES string of the molecule is CCn1c(Sc2c(C)c(Cl)nc3ncnn23)n[nH]c1=O. The van der Waals surface area contributed by atoms with Gasteiger partial charge in [-0.3, -0.25) is 4.57 Å². The summed E-state index contributed by atoms with van der Waals surface area (Å²) in [5.74, 6) is 0.407. The molecule has 20 heavy (non-hydrogen) atoms. The first-order chi connectivity index (χ1) is 9.61. The molecular weight excluding hydrogens is 302 g/mol. The van der Waals surface area contributed by atoms with E-state index in [9.17, 15) is 4.79 Å². The number of aromatic amines is 1. The molecule has 0 saturated heterocycles. The van der Waals surface area contributed by atoms with Crippen molar-refractivity contribution in [3.05, 3.63) is 27.5 Å². The lowest BCUT2D eigenvalue weighted by Crippen LogP contribution is -2.16. The Hall–Kier alpha value is -1.87. The fourth-order valence-corrected chi connectivity index (χ4v) is 3.01. The van der Waals surface area contributed by atoms with E-state index in [0.717, 1.165) is 10.6 Å². The minimum absolute atomic E-state index is 0.248. The molecule has 0 bridgehead atoms. The molecule has 8 nitrogen and oxygen atoms in total. The summed E-state index contributed by atoms with van der Waals surface area (Å²) in [5.41, 5.74) is 0.510. The van der Waals surface area contributed by atoms with E-state index in [1.54, 1.807) is 4.52 Å². The average Bonchev–Trinajstić information content (AvgIpc) is 3.01. The summed E-state index contributed by atoms with van der Waals surface area (Å²) < 4.78 is 3.10. The quantitative estimate of drug-likeness (QED) is 0.729. The zero-order chi connectivity index (χ0) is 14.3. The second-order valence-electron chi connectivity index (χ2n) is 3.96. The van der Waals surface area contributed by atoms with Crippen molar-refractivity contribution in [3.63, 3.8) is 0 Å². The first-order valence-electron chi connectivity index (χ1n) is 5.80. The van der Waals surface area contributed by atoms with Gasteiger partial charge in [0.05, 0.1) is 0 Å². The molecule has 0 saturated carbocycles. The highest BCUT2D eigenvalue weighted by atomic mass is 35.5. The summed E-state index contributed by atoms with van der Waals surface area (Å²) in [6, 6.07) is 0. The topological polar surface area (TPSA) is 93.8 Å². The Bertz CT molecular complexity index is 836. The molecule has 3 aromatic heterocycles. The van der Waals surface area contributed by atoms with Crippen molar-refractivity contribution in [2.24, 2.45) is 0 Å². The molecule has 0 atom stereocenters. The molecule has 3 heterocycles. The Balaban J connectivity index is 2.17. The maximum Gasteiger partial charge on any atom is 0.343 e. The molecule has 0 aliphatic carbocycles. The van der Waals surface area contributed by atoms with E-state index in [1.807, 2.05) is 13.8 Å². The number of fused-ring (bicyclic) bond motifs is 1. The molecule has 3 rings (SSSR count). The van der Waals surface area contributed by atoms with Gasteiger partial charge < -0.3 is 0 Å². The van der Waals surface area contributed by atoms with Crippen LogP contribution in [0.25, 0.3) is 5.78 Å². The maximum atomic E-state index is 11.6. The van der Waals surface area contributed by atoms with E-state index in [1.165, 1.54) is 22.7 Å². The molecule has 0 aromatic carbocycles. The molecule has 0 spiro atoms. The normalized spacial score (nSPS) is 11.3. The van der Waals surface area contributed by atoms with Gasteiger partial charge in [-0.25, -0.2) is 9.89 Å². The number of halogens is 1. The zero-order valence-corrected chi connectivity index (χ0v) is 12.2. The van der Waals surface area contributed by atoms with Crippen LogP contribution in [0.15, 0.2) is 21.3 Å². The van der Waals surface area contributed by atoms with Gasteiger partial charge >= 0.3 is 5.69 Å². The number of nitrogens with one attached hydrogen (secondary N) is 1. The molecule has 0 amide bonds. The molecule has 10 heteroatoms. The number of H-pyrrole nitrogens is 1. The molecule has 3 aromatic rings. The maximum absolute atomic E-state index is 11.6. The third kappa shape index (κ3) is 1.98. The highest BCUT2D eigenvalue weighted by Gasteiger charge is 2.17. The summed E-state index contributed by atoms with van der Waals surface area (Å²) in [4.78, 5) is 19.7. The van der Waals surface area contributed by atoms with E-state index >= 15 is 0 Å². The summed E-state index contributed by atoms with van der Waals surface area (Å²) in [6.07, 6.45) is 1.40. The largest absolute Gasteiger partial charge is 0.343 e. The van der Waals surface area contributed by atoms with Crippen LogP contribution in [-0.4, -0.2) is 34.3 Å². The Kier molecular flexibility index (Phi) is 3.22. The second-order valence-corrected chi connectivity index (χ2v) is 5.28. The summed E-state index contributed by atoms with van der Waals surface area (Å²) in [5, 5.41) is 12.2. The lowest BCUT2D eigenvalue weighted by Gasteiger charge is -2.08. The minimum Gasteiger partial charge on any atom is -0.270 e. The highest BCUT2D eigenvalue weighted by Crippen LogP contribution is 2.30. The fraction of sp³-hybridized carbons (Fsp3) is 0.300. The fourth-order valence-electron chi connectivity index (χ4n) is 1.74. The summed E-state index contributed by atoms with van der Waals surface area (Å²) >= 11 is 7.38. The molecule has 1 N–H and O–H groups in total. The number of hydrogen-bond acceptors (Lipinski definition) is 6. The smallest absolute Gasteiger partial charge is 0.270 e. The van der Waals surface area contributed by atoms with Gasteiger partial charge in [-0.05, 0) is 25.6 Å². The van der Waals surface area contributed by atoms with E-state index in [0.29, 0.717) is 22.6 Å². The van der Waals surface area contributed by atoms with Gasteiger partial charge in [-0.1, -0.05) is 11.6 Å². The van der Waals surface area contributed by atoms with Crippen molar-refractivity contribution in [1.82, 2.24) is 34.3 Å². The molecule has 0 radical (unpaired) electrons. The summed E-state index contributed by atoms with van der Waals surface area (Å²) in [7, 11) is 0. The predicted octanol–water partition coefficient (Wildman–Crippen LogP) is 1.14. The van der Waals surface area contributed by atoms with Crippen molar-refractivity contribution < 1.29 is 0 Å². The van der Waals surface area contributed by atoms with Gasteiger partial charge in [0.25, 0.3) is 5.78 Å². The lowest BCUT2D eigenvalue weighted by molar-refractivity contribution is 0.658. The predicted molar refractivity (Wildman–Crippen MR) is 73.2 cm³/mol. The van der Waals surface area contributed by atoms with Crippen molar-refractivity contribution in [1.29, 1.82) is 0 Å². The van der Waals surface area contributed by atoms with Crippen molar-refractivity contribution in [2.45, 2.75) is 30.6 Å². The minimum atomic E-state index is -0.248. The standard InChI is InChI=1S/C10H10ClN7OS/c1-3-17-9(19)15-16-10(17)20-7-5(2)6(11)14-8-12-4-13-18(7)8/h4H,3H2,1-2H3,(H,15,19). The third-order valence-electron chi connectivity index (χ3n) is 2.78. The Morgan fingerprint density at radius 3 is 3.05 bits per heavy atom. The molecule has 0 aliphatic heterocycles. The van der Waals surface area contributed by atoms with Crippen LogP contribution in [0.1, 0.15) is 12.5 Å². The number of hydrogen-bond donors (Lipinski definition) is 1. The van der Waals surface area contributed by atoms with Crippen LogP contribution in [-0.2, 0) is 6.54 Å². The van der Waals surface area contributed by atoms with Crippen LogP contribution < -0.4 is 5.69 Å². The Morgan fingerprint density at radius 1 is 1.50 bits per heavy atom. The van der Waals surface area contributed by atoms with Crippen LogP contribution in [0.5, 0.6) is 0 Å². The van der Waals surface area contributed by atoms with Crippen LogP contribution in [0.3, 0.4) is 0 Å². The monoisotopic (exact) mass is 311 g/mol. The van der Waals surface area contributed by atoms with Gasteiger partial charge in [0.1, 0.15) is 16.5 Å². The molecule has 104 valence electrons. The van der Waals surface area contributed by atoms with Crippen molar-refractivity contribution in [3.8, 4) is 0 Å². The van der Waals surface area contributed by atoms with E-state index < -0.39 is 0 Å². The molecule has 0 fully saturated rings. The number of aromatic nitrogens is 7. The number of nitrogens with zero attached hydrogens (tertiary/aromatic N) is 6. The first kappa shape index (κ1) is 13.1. The van der Waals surface area contributed by atoms with Crippen molar-refractivity contribution in [2.75, 3.05) is 0 Å². The molecular formula is C10H10ClN7OS. The molecule has 0 unspecified atom stereocenters. The second kappa shape index (κ2) is 4.91. The van der Waals surface area contributed by atoms with Crippen LogP contribution in [0, 0.1) is 6.92 Å². The van der Waals surface area contributed by atoms with E-state index in [2.05, 4.69) is 25.3 Å².